The van der Waals surface area contributed by atoms with Gasteiger partial charge in [-0.25, -0.2) is 0 Å². The molecular weight excluding hydrogens is 324 g/mol. The van der Waals surface area contributed by atoms with Gasteiger partial charge in [-0.3, -0.25) is 4.79 Å². The van der Waals surface area contributed by atoms with E-state index < -0.39 is 0 Å². The highest BCUT2D eigenvalue weighted by Gasteiger charge is 2.22. The number of amides is 1. The molecule has 0 saturated carbocycles. The number of para-hydroxylation sites is 1. The first-order valence-electron chi connectivity index (χ1n) is 7.46. The molecule has 0 unspecified atom stereocenters. The predicted molar refractivity (Wildman–Crippen MR) is 97.4 cm³/mol. The highest BCUT2D eigenvalue weighted by Crippen LogP contribution is 2.32. The Labute approximate surface area is 144 Å². The van der Waals surface area contributed by atoms with Crippen LogP contribution in [0.25, 0.3) is 6.08 Å². The van der Waals surface area contributed by atoms with Crippen LogP contribution in [0.2, 0.25) is 0 Å². The van der Waals surface area contributed by atoms with Gasteiger partial charge in [0.1, 0.15) is 11.5 Å². The van der Waals surface area contributed by atoms with Crippen molar-refractivity contribution in [2.24, 2.45) is 4.99 Å². The van der Waals surface area contributed by atoms with Crippen LogP contribution in [-0.2, 0) is 4.79 Å². The Morgan fingerprint density at radius 2 is 2.04 bits per heavy atom. The Morgan fingerprint density at radius 1 is 1.25 bits per heavy atom. The second-order valence-electron chi connectivity index (χ2n) is 4.98. The molecule has 0 aliphatic carbocycles. The summed E-state index contributed by atoms with van der Waals surface area (Å²) in [4.78, 5) is 16.5. The van der Waals surface area contributed by atoms with E-state index in [1.807, 2.05) is 37.3 Å². The van der Waals surface area contributed by atoms with Gasteiger partial charge >= 0.3 is 0 Å². The maximum Gasteiger partial charge on any atom is 0.286 e. The molecule has 122 valence electrons. The average molecular weight is 340 g/mol. The van der Waals surface area contributed by atoms with Crippen molar-refractivity contribution in [2.75, 3.05) is 11.9 Å². The summed E-state index contributed by atoms with van der Waals surface area (Å²) in [5.74, 6) is 0.322. The largest absolute Gasteiger partial charge is 0.507 e. The maximum atomic E-state index is 12.0. The van der Waals surface area contributed by atoms with Crippen LogP contribution in [0.3, 0.4) is 0 Å². The lowest BCUT2D eigenvalue weighted by molar-refractivity contribution is -0.113. The number of carbonyl (C=O) groups excluding carboxylic acids is 1. The number of ether oxygens (including phenoxy) is 1. The number of phenolic OH excluding ortho intramolecular Hbond substituents is 1. The van der Waals surface area contributed by atoms with Gasteiger partial charge in [0.15, 0.2) is 5.17 Å². The van der Waals surface area contributed by atoms with Crippen LogP contribution in [0.4, 0.5) is 5.69 Å². The molecule has 2 aromatic rings. The first-order chi connectivity index (χ1) is 11.7. The molecule has 2 aromatic carbocycles. The Kier molecular flexibility index (Phi) is 4.86. The highest BCUT2D eigenvalue weighted by molar-refractivity contribution is 8.18. The fourth-order valence-corrected chi connectivity index (χ4v) is 2.98. The zero-order valence-electron chi connectivity index (χ0n) is 13.0. The lowest BCUT2D eigenvalue weighted by atomic mass is 10.1. The van der Waals surface area contributed by atoms with Gasteiger partial charge in [0.2, 0.25) is 0 Å². The van der Waals surface area contributed by atoms with Gasteiger partial charge in [0, 0.05) is 17.3 Å². The van der Waals surface area contributed by atoms with Crippen LogP contribution in [-0.4, -0.2) is 22.8 Å². The lowest BCUT2D eigenvalue weighted by Gasteiger charge is -2.06. The summed E-state index contributed by atoms with van der Waals surface area (Å²) in [6.07, 6.45) is 1.63. The minimum atomic E-state index is -0.327. The van der Waals surface area contributed by atoms with Crippen LogP contribution in [0.1, 0.15) is 12.5 Å². The van der Waals surface area contributed by atoms with E-state index in [0.717, 1.165) is 5.69 Å². The topological polar surface area (TPSA) is 70.9 Å². The van der Waals surface area contributed by atoms with E-state index >= 15 is 0 Å². The van der Waals surface area contributed by atoms with Gasteiger partial charge in [-0.15, -0.1) is 0 Å². The van der Waals surface area contributed by atoms with E-state index in [9.17, 15) is 9.90 Å². The normalized spacial score (nSPS) is 15.5. The molecule has 1 amide bonds. The summed E-state index contributed by atoms with van der Waals surface area (Å²) in [5, 5.41) is 13.7. The number of nitrogens with zero attached hydrogens (tertiary/aromatic N) is 1. The molecule has 5 nitrogen and oxygen atoms in total. The summed E-state index contributed by atoms with van der Waals surface area (Å²) in [6, 6.07) is 14.5. The standard InChI is InChI=1S/C18H16N2O3S/c1-2-23-14-9-8-12(15(21)11-14)10-16-17(22)20-18(24-16)19-13-6-4-3-5-7-13/h3-11,21H,2H2,1H3,(H,19,20,22)/b16-10-. The smallest absolute Gasteiger partial charge is 0.286 e. The van der Waals surface area contributed by atoms with Crippen molar-refractivity contribution in [3.8, 4) is 11.5 Å². The predicted octanol–water partition coefficient (Wildman–Crippen LogP) is 3.87. The van der Waals surface area contributed by atoms with Crippen LogP contribution in [0.15, 0.2) is 58.4 Å². The molecule has 1 aliphatic heterocycles. The number of thioether (sulfide) groups is 1. The van der Waals surface area contributed by atoms with Crippen LogP contribution < -0.4 is 10.1 Å². The monoisotopic (exact) mass is 340 g/mol. The third-order valence-electron chi connectivity index (χ3n) is 3.25. The number of hydrogen-bond donors (Lipinski definition) is 2. The second kappa shape index (κ2) is 7.23. The number of carbonyl (C=O) groups is 1. The molecule has 0 fully saturated rings. The molecule has 0 spiro atoms. The Bertz CT molecular complexity index is 816. The van der Waals surface area contributed by atoms with Crippen LogP contribution in [0, 0.1) is 0 Å². The Morgan fingerprint density at radius 3 is 2.75 bits per heavy atom. The quantitative estimate of drug-likeness (QED) is 0.827. The van der Waals surface area contributed by atoms with E-state index in [1.54, 1.807) is 18.2 Å². The number of rotatable bonds is 4. The highest BCUT2D eigenvalue weighted by atomic mass is 32.2. The molecule has 1 heterocycles. The van der Waals surface area contributed by atoms with Crippen molar-refractivity contribution in [3.63, 3.8) is 0 Å². The maximum absolute atomic E-state index is 12.0. The second-order valence-corrected chi connectivity index (χ2v) is 6.01. The van der Waals surface area contributed by atoms with E-state index in [4.69, 9.17) is 4.74 Å². The Hall–Kier alpha value is -2.73. The number of phenols is 1. The average Bonchev–Trinajstić information content (AvgIpc) is 2.91. The third-order valence-corrected chi connectivity index (χ3v) is 4.14. The van der Waals surface area contributed by atoms with Gasteiger partial charge in [-0.05, 0) is 49.0 Å². The van der Waals surface area contributed by atoms with Gasteiger partial charge in [-0.2, -0.15) is 4.99 Å². The van der Waals surface area contributed by atoms with Crippen LogP contribution in [0.5, 0.6) is 11.5 Å². The van der Waals surface area contributed by atoms with Crippen molar-refractivity contribution in [2.45, 2.75) is 6.92 Å². The van der Waals surface area contributed by atoms with E-state index in [-0.39, 0.29) is 11.7 Å². The number of amidine groups is 1. The summed E-state index contributed by atoms with van der Waals surface area (Å²) >= 11 is 1.24. The van der Waals surface area contributed by atoms with Gasteiger partial charge in [0.25, 0.3) is 5.91 Å². The first kappa shape index (κ1) is 16.1. The molecule has 0 atom stereocenters. The minimum absolute atomic E-state index is 0.0614. The number of hydrogen-bond acceptors (Lipinski definition) is 5. The number of aromatic hydroxyl groups is 1. The summed E-state index contributed by atoms with van der Waals surface area (Å²) in [5.41, 5.74) is 1.41. The molecule has 0 saturated heterocycles. The van der Waals surface area contributed by atoms with Crippen molar-refractivity contribution in [3.05, 3.63) is 59.0 Å². The minimum Gasteiger partial charge on any atom is -0.507 e. The van der Waals surface area contributed by atoms with Crippen LogP contribution >= 0.6 is 11.8 Å². The molecule has 2 N–H and O–H groups in total. The molecular formula is C18H16N2O3S. The molecule has 0 aromatic heterocycles. The first-order valence-corrected chi connectivity index (χ1v) is 8.28. The molecule has 3 rings (SSSR count). The van der Waals surface area contributed by atoms with Crippen molar-refractivity contribution in [1.29, 1.82) is 0 Å². The number of nitrogens with one attached hydrogen (secondary N) is 1. The zero-order valence-corrected chi connectivity index (χ0v) is 13.8. The van der Waals surface area contributed by atoms with Crippen molar-refractivity contribution < 1.29 is 14.6 Å². The van der Waals surface area contributed by atoms with Gasteiger partial charge < -0.3 is 15.2 Å². The summed E-state index contributed by atoms with van der Waals surface area (Å²) < 4.78 is 5.33. The fraction of sp³-hybridized carbons (Fsp3) is 0.111. The van der Waals surface area contributed by atoms with Gasteiger partial charge in [-0.1, -0.05) is 18.2 Å². The van der Waals surface area contributed by atoms with Crippen molar-refractivity contribution >= 4 is 34.6 Å². The molecule has 0 radical (unpaired) electrons. The third kappa shape index (κ3) is 3.78. The van der Waals surface area contributed by atoms with E-state index in [0.29, 0.717) is 28.0 Å². The van der Waals surface area contributed by atoms with E-state index in [1.165, 1.54) is 17.8 Å². The summed E-state index contributed by atoms with van der Waals surface area (Å²) in [6.45, 7) is 2.40. The molecule has 24 heavy (non-hydrogen) atoms. The number of aliphatic imine (C=N–C) groups is 1. The number of benzene rings is 2. The van der Waals surface area contributed by atoms with Crippen molar-refractivity contribution in [1.82, 2.24) is 0 Å². The summed E-state index contributed by atoms with van der Waals surface area (Å²) in [7, 11) is 0. The SMILES string of the molecule is CCOc1ccc(/C=C2\SC(Nc3ccccc3)=NC2=O)c(O)c1. The Balaban J connectivity index is 1.74. The lowest BCUT2D eigenvalue weighted by Crippen LogP contribution is -2.04. The van der Waals surface area contributed by atoms with Gasteiger partial charge in [0.05, 0.1) is 11.5 Å². The fourth-order valence-electron chi connectivity index (χ4n) is 2.15. The molecule has 1 aliphatic rings. The molecule has 0 bridgehead atoms. The zero-order chi connectivity index (χ0) is 16.9. The molecule has 6 heteroatoms. The van der Waals surface area contributed by atoms with E-state index in [2.05, 4.69) is 10.3 Å². The number of anilines is 1.